The van der Waals surface area contributed by atoms with Gasteiger partial charge in [-0.25, -0.2) is 5.10 Å². The molecule has 158 valence electrons. The number of H-pyrrole nitrogens is 1. The maximum absolute atomic E-state index is 13.2. The first kappa shape index (κ1) is 22.4. The highest BCUT2D eigenvalue weighted by atomic mass is 19.4. The Kier molecular flexibility index (Phi) is 7.63. The van der Waals surface area contributed by atoms with Crippen molar-refractivity contribution in [3.8, 4) is 0 Å². The number of aromatic nitrogens is 2. The molecule has 1 aliphatic carbocycles. The van der Waals surface area contributed by atoms with Crippen molar-refractivity contribution in [2.45, 2.75) is 64.6 Å². The third-order valence-electron chi connectivity index (χ3n) is 5.22. The van der Waals surface area contributed by atoms with Crippen LogP contribution in [0.2, 0.25) is 0 Å². The second kappa shape index (κ2) is 9.54. The van der Waals surface area contributed by atoms with Gasteiger partial charge in [-0.15, -0.1) is 0 Å². The lowest BCUT2D eigenvalue weighted by atomic mass is 10.1. The largest absolute Gasteiger partial charge is 0.422 e. The quantitative estimate of drug-likeness (QED) is 0.689. The Balaban J connectivity index is 2.07. The predicted octanol–water partition coefficient (Wildman–Crippen LogP) is 3.14. The molecule has 0 spiro atoms. The molecule has 0 radical (unpaired) electrons. The molecular formula is C19H29F3N4O2. The zero-order chi connectivity index (χ0) is 20.9. The zero-order valence-electron chi connectivity index (χ0n) is 16.7. The van der Waals surface area contributed by atoms with Crippen LogP contribution in [0.15, 0.2) is 4.79 Å². The standard InChI is InChI=1S/C19H29F3N4O2/c1-4-6-11-26(10-5-2)15(27)9-12-25(3)14-8-7-13-16(19(20,21)22)18(28)24-23-17(13)14/h14H,4-12H2,1-3H3,(H,24,28). The molecule has 9 heteroatoms. The molecular weight excluding hydrogens is 373 g/mol. The van der Waals surface area contributed by atoms with Gasteiger partial charge in [0.25, 0.3) is 5.56 Å². The third-order valence-corrected chi connectivity index (χ3v) is 5.22. The molecule has 0 saturated heterocycles. The van der Waals surface area contributed by atoms with Gasteiger partial charge in [0, 0.05) is 26.1 Å². The fraction of sp³-hybridized carbons (Fsp3) is 0.737. The van der Waals surface area contributed by atoms with Crippen molar-refractivity contribution in [1.82, 2.24) is 20.0 Å². The van der Waals surface area contributed by atoms with E-state index < -0.39 is 17.3 Å². The molecule has 1 unspecified atom stereocenters. The number of hydrogen-bond acceptors (Lipinski definition) is 4. The Morgan fingerprint density at radius 3 is 2.54 bits per heavy atom. The number of rotatable bonds is 9. The molecule has 2 rings (SSSR count). The van der Waals surface area contributed by atoms with Gasteiger partial charge in [0.1, 0.15) is 5.56 Å². The highest BCUT2D eigenvalue weighted by Crippen LogP contribution is 2.39. The molecule has 0 aromatic carbocycles. The van der Waals surface area contributed by atoms with Gasteiger partial charge in [-0.2, -0.15) is 18.3 Å². The molecule has 0 fully saturated rings. The average molecular weight is 402 g/mol. The van der Waals surface area contributed by atoms with E-state index in [0.717, 1.165) is 25.8 Å². The van der Waals surface area contributed by atoms with Crippen molar-refractivity contribution in [1.29, 1.82) is 0 Å². The summed E-state index contributed by atoms with van der Waals surface area (Å²) < 4.78 is 39.7. The lowest BCUT2D eigenvalue weighted by molar-refractivity contribution is -0.139. The summed E-state index contributed by atoms with van der Waals surface area (Å²) in [7, 11) is 1.78. The Hall–Kier alpha value is -1.90. The van der Waals surface area contributed by atoms with Gasteiger partial charge < -0.3 is 4.90 Å². The van der Waals surface area contributed by atoms with Crippen LogP contribution in [0.4, 0.5) is 13.2 Å². The van der Waals surface area contributed by atoms with Crippen molar-refractivity contribution >= 4 is 5.91 Å². The molecule has 1 heterocycles. The van der Waals surface area contributed by atoms with Crippen LogP contribution in [0.25, 0.3) is 0 Å². The summed E-state index contributed by atoms with van der Waals surface area (Å²) in [5.41, 5.74) is -2.10. The summed E-state index contributed by atoms with van der Waals surface area (Å²) in [4.78, 5) is 27.9. The van der Waals surface area contributed by atoms with Gasteiger partial charge in [-0.1, -0.05) is 20.3 Å². The van der Waals surface area contributed by atoms with Crippen molar-refractivity contribution in [3.05, 3.63) is 27.2 Å². The molecule has 1 N–H and O–H groups in total. The van der Waals surface area contributed by atoms with Gasteiger partial charge in [-0.3, -0.25) is 14.5 Å². The van der Waals surface area contributed by atoms with E-state index >= 15 is 0 Å². The predicted molar refractivity (Wildman–Crippen MR) is 99.9 cm³/mol. The minimum Gasteiger partial charge on any atom is -0.343 e. The number of halogens is 3. The van der Waals surface area contributed by atoms with Gasteiger partial charge in [0.15, 0.2) is 0 Å². The minimum atomic E-state index is -4.70. The maximum Gasteiger partial charge on any atom is 0.422 e. The molecule has 1 atom stereocenters. The summed E-state index contributed by atoms with van der Waals surface area (Å²) in [6.07, 6.45) is -0.943. The lowest BCUT2D eigenvalue weighted by Gasteiger charge is -2.26. The number of fused-ring (bicyclic) bond motifs is 1. The maximum atomic E-state index is 13.2. The molecule has 0 saturated carbocycles. The molecule has 0 aliphatic heterocycles. The first-order valence-electron chi connectivity index (χ1n) is 9.87. The van der Waals surface area contributed by atoms with Crippen LogP contribution in [-0.4, -0.2) is 52.6 Å². The number of hydrogen-bond donors (Lipinski definition) is 1. The van der Waals surface area contributed by atoms with Crippen LogP contribution in [-0.2, 0) is 17.4 Å². The number of carbonyl (C=O) groups is 1. The molecule has 1 aromatic heterocycles. The lowest BCUT2D eigenvalue weighted by Crippen LogP contribution is -2.36. The average Bonchev–Trinajstić information content (AvgIpc) is 3.05. The normalized spacial score (nSPS) is 16.5. The fourth-order valence-corrected chi connectivity index (χ4v) is 3.74. The monoisotopic (exact) mass is 402 g/mol. The van der Waals surface area contributed by atoms with Gasteiger partial charge >= 0.3 is 6.18 Å². The van der Waals surface area contributed by atoms with E-state index in [1.807, 2.05) is 21.8 Å². The Labute approximate surface area is 163 Å². The van der Waals surface area contributed by atoms with Crippen LogP contribution in [0.3, 0.4) is 0 Å². The summed E-state index contributed by atoms with van der Waals surface area (Å²) in [6.45, 7) is 5.98. The number of carbonyl (C=O) groups excluding carboxylic acids is 1. The number of nitrogens with zero attached hydrogens (tertiary/aromatic N) is 3. The SMILES string of the molecule is CCCCN(CCC)C(=O)CCN(C)C1CCc2c1n[nH]c(=O)c2C(F)(F)F. The van der Waals surface area contributed by atoms with Crippen molar-refractivity contribution in [2.24, 2.45) is 0 Å². The first-order chi connectivity index (χ1) is 13.2. The summed E-state index contributed by atoms with van der Waals surface area (Å²) in [6, 6.07) is -0.337. The highest BCUT2D eigenvalue weighted by molar-refractivity contribution is 5.76. The number of alkyl halides is 3. The van der Waals surface area contributed by atoms with E-state index in [2.05, 4.69) is 12.0 Å². The van der Waals surface area contributed by atoms with E-state index in [1.165, 1.54) is 0 Å². The second-order valence-corrected chi connectivity index (χ2v) is 7.31. The molecule has 1 aromatic rings. The summed E-state index contributed by atoms with van der Waals surface area (Å²) in [5.74, 6) is 0.0609. The van der Waals surface area contributed by atoms with Crippen molar-refractivity contribution < 1.29 is 18.0 Å². The minimum absolute atomic E-state index is 0.0185. The molecule has 1 aliphatic rings. The van der Waals surface area contributed by atoms with Crippen LogP contribution < -0.4 is 5.56 Å². The van der Waals surface area contributed by atoms with E-state index in [0.29, 0.717) is 25.9 Å². The second-order valence-electron chi connectivity index (χ2n) is 7.31. The molecule has 0 bridgehead atoms. The van der Waals surface area contributed by atoms with Gasteiger partial charge in [-0.05, 0) is 38.3 Å². The Morgan fingerprint density at radius 2 is 1.93 bits per heavy atom. The topological polar surface area (TPSA) is 69.3 Å². The van der Waals surface area contributed by atoms with E-state index in [9.17, 15) is 22.8 Å². The third kappa shape index (κ3) is 5.12. The number of amides is 1. The van der Waals surface area contributed by atoms with E-state index in [4.69, 9.17) is 0 Å². The van der Waals surface area contributed by atoms with Crippen LogP contribution in [0, 0.1) is 0 Å². The van der Waals surface area contributed by atoms with Gasteiger partial charge in [0.2, 0.25) is 5.91 Å². The van der Waals surface area contributed by atoms with E-state index in [-0.39, 0.29) is 29.6 Å². The zero-order valence-corrected chi connectivity index (χ0v) is 16.7. The molecule has 6 nitrogen and oxygen atoms in total. The number of aromatic amines is 1. The smallest absolute Gasteiger partial charge is 0.343 e. The molecule has 28 heavy (non-hydrogen) atoms. The Bertz CT molecular complexity index is 733. The molecule has 1 amide bonds. The van der Waals surface area contributed by atoms with Crippen LogP contribution in [0.1, 0.15) is 68.8 Å². The number of nitrogens with one attached hydrogen (secondary N) is 1. The summed E-state index contributed by atoms with van der Waals surface area (Å²) in [5, 5.41) is 5.88. The van der Waals surface area contributed by atoms with Crippen molar-refractivity contribution in [2.75, 3.05) is 26.7 Å². The number of unbranched alkanes of at least 4 members (excludes halogenated alkanes) is 1. The highest BCUT2D eigenvalue weighted by Gasteiger charge is 2.42. The Morgan fingerprint density at radius 1 is 1.21 bits per heavy atom. The van der Waals surface area contributed by atoms with E-state index in [1.54, 1.807) is 7.05 Å². The van der Waals surface area contributed by atoms with Crippen LogP contribution in [0.5, 0.6) is 0 Å². The van der Waals surface area contributed by atoms with Gasteiger partial charge in [0.05, 0.1) is 11.7 Å². The summed E-state index contributed by atoms with van der Waals surface area (Å²) >= 11 is 0. The van der Waals surface area contributed by atoms with Crippen LogP contribution >= 0.6 is 0 Å². The fourth-order valence-electron chi connectivity index (χ4n) is 3.74. The van der Waals surface area contributed by atoms with Crippen molar-refractivity contribution in [3.63, 3.8) is 0 Å². The first-order valence-corrected chi connectivity index (χ1v) is 9.87.